The Hall–Kier alpha value is -3.71. The van der Waals surface area contributed by atoms with E-state index in [1.807, 2.05) is 46.7 Å². The van der Waals surface area contributed by atoms with Crippen molar-refractivity contribution in [2.75, 3.05) is 11.9 Å². The fraction of sp³-hybridized carbons (Fsp3) is 0.296. The highest BCUT2D eigenvalue weighted by Crippen LogP contribution is 2.29. The Balaban J connectivity index is 1.59. The number of carbonyl (C=O) groups is 1. The third-order valence-corrected chi connectivity index (χ3v) is 6.37. The number of rotatable bonds is 7. The summed E-state index contributed by atoms with van der Waals surface area (Å²) in [6.07, 6.45) is 2.14. The highest BCUT2D eigenvalue weighted by Gasteiger charge is 2.26. The Bertz CT molecular complexity index is 1310. The van der Waals surface area contributed by atoms with Crippen LogP contribution >= 0.6 is 0 Å². The predicted octanol–water partition coefficient (Wildman–Crippen LogP) is 4.18. The molecule has 3 heterocycles. The molecule has 1 aliphatic heterocycles. The van der Waals surface area contributed by atoms with Crippen molar-refractivity contribution < 1.29 is 4.79 Å². The van der Waals surface area contributed by atoms with Crippen LogP contribution in [0.25, 0.3) is 16.9 Å². The first-order chi connectivity index (χ1) is 16.7. The van der Waals surface area contributed by atoms with Gasteiger partial charge in [-0.2, -0.15) is 4.98 Å². The quantitative estimate of drug-likeness (QED) is 0.437. The van der Waals surface area contributed by atoms with E-state index in [0.29, 0.717) is 38.5 Å². The van der Waals surface area contributed by atoms with Crippen molar-refractivity contribution >= 4 is 22.6 Å². The Morgan fingerprint density at radius 3 is 2.68 bits per heavy atom. The molecule has 7 nitrogen and oxygen atoms in total. The third kappa shape index (κ3) is 4.26. The maximum atomic E-state index is 12.6. The van der Waals surface area contributed by atoms with Crippen LogP contribution in [0, 0.1) is 0 Å². The van der Waals surface area contributed by atoms with Crippen molar-refractivity contribution in [1.82, 2.24) is 19.4 Å². The van der Waals surface area contributed by atoms with E-state index in [9.17, 15) is 4.79 Å². The number of carbonyl (C=O) groups excluding carboxylic acids is 1. The van der Waals surface area contributed by atoms with E-state index >= 15 is 0 Å². The Morgan fingerprint density at radius 1 is 1.09 bits per heavy atom. The molecule has 7 heteroatoms. The van der Waals surface area contributed by atoms with E-state index in [4.69, 9.17) is 15.7 Å². The van der Waals surface area contributed by atoms with Gasteiger partial charge in [0.25, 0.3) is 0 Å². The first kappa shape index (κ1) is 22.1. The van der Waals surface area contributed by atoms with Crippen LogP contribution < -0.4 is 11.1 Å². The number of anilines is 1. The van der Waals surface area contributed by atoms with Crippen molar-refractivity contribution in [2.45, 2.75) is 45.8 Å². The lowest BCUT2D eigenvalue weighted by molar-refractivity contribution is -0.132. The molecule has 5 rings (SSSR count). The van der Waals surface area contributed by atoms with E-state index in [-0.39, 0.29) is 5.91 Å². The normalized spacial score (nSPS) is 13.2. The fourth-order valence-corrected chi connectivity index (χ4v) is 4.63. The number of nitrogens with zero attached hydrogens (tertiary/aromatic N) is 4. The maximum absolute atomic E-state index is 12.6. The summed E-state index contributed by atoms with van der Waals surface area (Å²) in [5.74, 6) is 1.59. The topological polar surface area (TPSA) is 89.1 Å². The maximum Gasteiger partial charge on any atom is 0.236 e. The molecule has 0 bridgehead atoms. The summed E-state index contributed by atoms with van der Waals surface area (Å²) in [4.78, 5) is 24.5. The van der Waals surface area contributed by atoms with Gasteiger partial charge in [-0.25, -0.2) is 4.98 Å². The van der Waals surface area contributed by atoms with E-state index in [1.165, 1.54) is 5.56 Å². The molecule has 0 saturated carbocycles. The lowest BCUT2D eigenvalue weighted by atomic mass is 10.0. The van der Waals surface area contributed by atoms with E-state index in [2.05, 4.69) is 35.6 Å². The fourth-order valence-electron chi connectivity index (χ4n) is 4.63. The van der Waals surface area contributed by atoms with E-state index < -0.39 is 0 Å². The summed E-state index contributed by atoms with van der Waals surface area (Å²) in [6.45, 7) is 4.27. The van der Waals surface area contributed by atoms with Crippen molar-refractivity contribution in [1.29, 1.82) is 0 Å². The second kappa shape index (κ2) is 9.65. The van der Waals surface area contributed by atoms with Crippen LogP contribution in [0.1, 0.15) is 42.3 Å². The van der Waals surface area contributed by atoms with Crippen LogP contribution in [0.4, 0.5) is 5.82 Å². The lowest BCUT2D eigenvalue weighted by Crippen LogP contribution is -2.37. The number of para-hydroxylation sites is 1. The molecule has 0 fully saturated rings. The summed E-state index contributed by atoms with van der Waals surface area (Å²) in [7, 11) is 0. The Labute approximate surface area is 199 Å². The molecular weight excluding hydrogens is 424 g/mol. The minimum Gasteiger partial charge on any atom is -0.366 e. The van der Waals surface area contributed by atoms with Crippen LogP contribution in [0.2, 0.25) is 0 Å². The smallest absolute Gasteiger partial charge is 0.236 e. The molecule has 0 atom stereocenters. The largest absolute Gasteiger partial charge is 0.366 e. The van der Waals surface area contributed by atoms with Crippen LogP contribution in [-0.4, -0.2) is 31.9 Å². The summed E-state index contributed by atoms with van der Waals surface area (Å²) >= 11 is 0. The molecule has 0 unspecified atom stereocenters. The molecule has 3 N–H and O–H groups in total. The monoisotopic (exact) mass is 454 g/mol. The van der Waals surface area contributed by atoms with Gasteiger partial charge in [0.05, 0.1) is 17.8 Å². The van der Waals surface area contributed by atoms with Crippen LogP contribution in [0.15, 0.2) is 60.7 Å². The number of nitrogens with two attached hydrogens (primary N) is 1. The van der Waals surface area contributed by atoms with Gasteiger partial charge in [0, 0.05) is 42.7 Å². The van der Waals surface area contributed by atoms with Gasteiger partial charge in [0.1, 0.15) is 5.82 Å². The zero-order valence-electron chi connectivity index (χ0n) is 19.5. The number of aromatic nitrogens is 3. The molecule has 4 aromatic rings. The van der Waals surface area contributed by atoms with Gasteiger partial charge in [-0.1, -0.05) is 55.5 Å². The number of fused-ring (bicyclic) bond motifs is 2. The minimum absolute atomic E-state index is 0.182. The summed E-state index contributed by atoms with van der Waals surface area (Å²) in [5.41, 5.74) is 11.3. The molecule has 34 heavy (non-hydrogen) atoms. The van der Waals surface area contributed by atoms with Crippen molar-refractivity contribution in [3.8, 4) is 5.95 Å². The lowest BCUT2D eigenvalue weighted by Gasteiger charge is -2.30. The number of hydrogen-bond donors (Lipinski definition) is 2. The first-order valence-electron chi connectivity index (χ1n) is 11.9. The molecule has 174 valence electrons. The Kier molecular flexibility index (Phi) is 6.27. The molecule has 2 aromatic carbocycles. The molecule has 1 aliphatic rings. The molecule has 0 spiro atoms. The zero-order chi connectivity index (χ0) is 23.5. The van der Waals surface area contributed by atoms with Gasteiger partial charge in [0.2, 0.25) is 11.9 Å². The summed E-state index contributed by atoms with van der Waals surface area (Å²) < 4.78 is 2.04. The molecule has 0 saturated heterocycles. The van der Waals surface area contributed by atoms with Gasteiger partial charge in [0.15, 0.2) is 0 Å². The summed E-state index contributed by atoms with van der Waals surface area (Å²) in [6, 6.07) is 20.5. The zero-order valence-corrected chi connectivity index (χ0v) is 19.5. The van der Waals surface area contributed by atoms with Crippen molar-refractivity contribution in [3.05, 3.63) is 83.2 Å². The number of nitrogens with one attached hydrogen (secondary N) is 1. The standard InChI is InChI=1S/C27H30N6O/c1-2-8-25(34)32-14-13-22-23(18-32)30-27(31-26(22)29-17-19-9-4-3-5-10-19)33-21(16-28)15-20-11-6-7-12-24(20)33/h3-7,9-12,15H,2,8,13-14,16-18,28H2,1H3,(H,29,30,31). The van der Waals surface area contributed by atoms with Crippen LogP contribution in [0.3, 0.4) is 0 Å². The molecule has 2 aromatic heterocycles. The SMILES string of the molecule is CCCC(=O)N1CCc2c(nc(-n3c(CN)cc4ccccc43)nc2NCc2ccccc2)C1. The van der Waals surface area contributed by atoms with Crippen molar-refractivity contribution in [3.63, 3.8) is 0 Å². The highest BCUT2D eigenvalue weighted by molar-refractivity contribution is 5.83. The van der Waals surface area contributed by atoms with Gasteiger partial charge in [-0.15, -0.1) is 0 Å². The predicted molar refractivity (Wildman–Crippen MR) is 135 cm³/mol. The van der Waals surface area contributed by atoms with Gasteiger partial charge < -0.3 is 16.0 Å². The van der Waals surface area contributed by atoms with Crippen LogP contribution in [0.5, 0.6) is 0 Å². The van der Waals surface area contributed by atoms with Gasteiger partial charge in [-0.3, -0.25) is 9.36 Å². The number of amides is 1. The second-order valence-electron chi connectivity index (χ2n) is 8.69. The molecule has 0 aliphatic carbocycles. The average molecular weight is 455 g/mol. The van der Waals surface area contributed by atoms with Crippen LogP contribution in [-0.2, 0) is 30.8 Å². The minimum atomic E-state index is 0.182. The molecular formula is C27H30N6O. The average Bonchev–Trinajstić information content (AvgIpc) is 3.26. The Morgan fingerprint density at radius 2 is 1.88 bits per heavy atom. The second-order valence-corrected chi connectivity index (χ2v) is 8.69. The van der Waals surface area contributed by atoms with Crippen molar-refractivity contribution in [2.24, 2.45) is 5.73 Å². The highest BCUT2D eigenvalue weighted by atomic mass is 16.2. The number of benzene rings is 2. The molecule has 1 amide bonds. The van der Waals surface area contributed by atoms with E-state index in [1.54, 1.807) is 0 Å². The third-order valence-electron chi connectivity index (χ3n) is 6.37. The van der Waals surface area contributed by atoms with E-state index in [0.717, 1.165) is 46.5 Å². The first-order valence-corrected chi connectivity index (χ1v) is 11.9. The van der Waals surface area contributed by atoms with Gasteiger partial charge >= 0.3 is 0 Å². The molecule has 0 radical (unpaired) electrons. The summed E-state index contributed by atoms with van der Waals surface area (Å²) in [5, 5.41) is 4.65. The van der Waals surface area contributed by atoms with Gasteiger partial charge in [-0.05, 0) is 30.5 Å². The number of hydrogen-bond acceptors (Lipinski definition) is 5.